The maximum absolute atomic E-state index is 12.1. The molecule has 0 saturated heterocycles. The fourth-order valence-corrected chi connectivity index (χ4v) is 2.29. The second-order valence-corrected chi connectivity index (χ2v) is 5.62. The van der Waals surface area contributed by atoms with E-state index in [1.54, 1.807) is 43.5 Å². The molecule has 3 N–H and O–H groups in total. The fraction of sp³-hybridized carbons (Fsp3) is 0.222. The number of rotatable bonds is 8. The number of carbonyl (C=O) groups is 2. The van der Waals surface area contributed by atoms with Crippen molar-refractivity contribution in [3.63, 3.8) is 0 Å². The molecule has 0 aliphatic carbocycles. The van der Waals surface area contributed by atoms with Crippen LogP contribution in [0.2, 0.25) is 5.02 Å². The molecule has 132 valence electrons. The molecule has 0 aromatic heterocycles. The average molecular weight is 362 g/mol. The van der Waals surface area contributed by atoms with Gasteiger partial charge in [0.1, 0.15) is 0 Å². The third-order valence-electron chi connectivity index (χ3n) is 3.31. The number of carbonyl (C=O) groups excluding carboxylic acids is 2. The first kappa shape index (κ1) is 18.8. The summed E-state index contributed by atoms with van der Waals surface area (Å²) in [4.78, 5) is 24.1. The Morgan fingerprint density at radius 3 is 2.68 bits per heavy atom. The van der Waals surface area contributed by atoms with E-state index in [2.05, 4.69) is 16.0 Å². The first-order valence-electron chi connectivity index (χ1n) is 7.75. The van der Waals surface area contributed by atoms with Crippen LogP contribution in [0.4, 0.5) is 11.4 Å². The van der Waals surface area contributed by atoms with Gasteiger partial charge in [-0.15, -0.1) is 0 Å². The Bertz CT molecular complexity index is 737. The smallest absolute Gasteiger partial charge is 0.251 e. The Balaban J connectivity index is 1.89. The molecule has 0 unspecified atom stereocenters. The van der Waals surface area contributed by atoms with Crippen molar-refractivity contribution >= 4 is 34.8 Å². The standard InChI is InChI=1S/C18H20ClN3O3/c1-25-10-9-20-18(24)13-5-4-6-14(11-13)22-17(23)12-21-16-8-3-2-7-15(16)19/h2-8,11,21H,9-10,12H2,1H3,(H,20,24)(H,22,23). The molecule has 0 aliphatic heterocycles. The lowest BCUT2D eigenvalue weighted by Crippen LogP contribution is -2.27. The van der Waals surface area contributed by atoms with Gasteiger partial charge in [-0.25, -0.2) is 0 Å². The molecule has 2 rings (SSSR count). The van der Waals surface area contributed by atoms with Crippen molar-refractivity contribution in [1.82, 2.24) is 5.32 Å². The van der Waals surface area contributed by atoms with Gasteiger partial charge in [0.15, 0.2) is 0 Å². The van der Waals surface area contributed by atoms with Gasteiger partial charge < -0.3 is 20.7 Å². The quantitative estimate of drug-likeness (QED) is 0.632. The second-order valence-electron chi connectivity index (χ2n) is 5.21. The van der Waals surface area contributed by atoms with Crippen molar-refractivity contribution in [2.45, 2.75) is 0 Å². The Morgan fingerprint density at radius 1 is 1.12 bits per heavy atom. The number of nitrogens with one attached hydrogen (secondary N) is 3. The van der Waals surface area contributed by atoms with Crippen molar-refractivity contribution in [2.75, 3.05) is 37.4 Å². The molecule has 0 fully saturated rings. The Morgan fingerprint density at radius 2 is 1.92 bits per heavy atom. The number of amides is 2. The highest BCUT2D eigenvalue weighted by Gasteiger charge is 2.08. The lowest BCUT2D eigenvalue weighted by molar-refractivity contribution is -0.114. The third-order valence-corrected chi connectivity index (χ3v) is 3.64. The molecule has 7 heteroatoms. The highest BCUT2D eigenvalue weighted by Crippen LogP contribution is 2.20. The normalized spacial score (nSPS) is 10.2. The maximum atomic E-state index is 12.1. The summed E-state index contributed by atoms with van der Waals surface area (Å²) in [6.45, 7) is 0.928. The number of para-hydroxylation sites is 1. The number of halogens is 1. The van der Waals surface area contributed by atoms with Crippen LogP contribution < -0.4 is 16.0 Å². The molecule has 2 aromatic carbocycles. The van der Waals surface area contributed by atoms with Crippen LogP contribution in [0.3, 0.4) is 0 Å². The second kappa shape index (κ2) is 9.66. The minimum absolute atomic E-state index is 0.0635. The van der Waals surface area contributed by atoms with Gasteiger partial charge in [0, 0.05) is 24.9 Å². The van der Waals surface area contributed by atoms with Gasteiger partial charge in [-0.05, 0) is 30.3 Å². The Kier molecular flexibility index (Phi) is 7.25. The molecule has 0 atom stereocenters. The summed E-state index contributed by atoms with van der Waals surface area (Å²) in [7, 11) is 1.57. The van der Waals surface area contributed by atoms with E-state index in [1.807, 2.05) is 12.1 Å². The van der Waals surface area contributed by atoms with E-state index in [0.717, 1.165) is 0 Å². The van der Waals surface area contributed by atoms with Gasteiger partial charge in [0.05, 0.1) is 23.9 Å². The summed E-state index contributed by atoms with van der Waals surface area (Å²) in [6, 6.07) is 13.9. The number of ether oxygens (including phenoxy) is 1. The molecule has 0 spiro atoms. The first-order valence-corrected chi connectivity index (χ1v) is 8.13. The largest absolute Gasteiger partial charge is 0.383 e. The van der Waals surface area contributed by atoms with Gasteiger partial charge in [0.25, 0.3) is 5.91 Å². The van der Waals surface area contributed by atoms with Crippen molar-refractivity contribution in [3.8, 4) is 0 Å². The SMILES string of the molecule is COCCNC(=O)c1cccc(NC(=O)CNc2ccccc2Cl)c1. The van der Waals surface area contributed by atoms with E-state index in [9.17, 15) is 9.59 Å². The van der Waals surface area contributed by atoms with Crippen LogP contribution in [0, 0.1) is 0 Å². The lowest BCUT2D eigenvalue weighted by Gasteiger charge is -2.10. The Hall–Kier alpha value is -2.57. The molecule has 6 nitrogen and oxygen atoms in total. The average Bonchev–Trinajstić information content (AvgIpc) is 2.61. The zero-order valence-electron chi connectivity index (χ0n) is 13.8. The van der Waals surface area contributed by atoms with Crippen LogP contribution in [-0.4, -0.2) is 38.6 Å². The van der Waals surface area contributed by atoms with Crippen molar-refractivity contribution in [3.05, 3.63) is 59.1 Å². The molecule has 0 aliphatic rings. The molecule has 25 heavy (non-hydrogen) atoms. The van der Waals surface area contributed by atoms with E-state index in [1.165, 1.54) is 0 Å². The number of hydrogen-bond donors (Lipinski definition) is 3. The lowest BCUT2D eigenvalue weighted by atomic mass is 10.2. The zero-order valence-corrected chi connectivity index (χ0v) is 14.6. The summed E-state index contributed by atoms with van der Waals surface area (Å²) in [5, 5.41) is 8.99. The Labute approximate surface area is 151 Å². The third kappa shape index (κ3) is 6.10. The van der Waals surface area contributed by atoms with Crippen LogP contribution >= 0.6 is 11.6 Å². The number of hydrogen-bond acceptors (Lipinski definition) is 4. The van der Waals surface area contributed by atoms with Crippen LogP contribution in [0.25, 0.3) is 0 Å². The maximum Gasteiger partial charge on any atom is 0.251 e. The highest BCUT2D eigenvalue weighted by molar-refractivity contribution is 6.33. The number of methoxy groups -OCH3 is 1. The summed E-state index contributed by atoms with van der Waals surface area (Å²) in [6.07, 6.45) is 0. The molecule has 2 aromatic rings. The summed E-state index contributed by atoms with van der Waals surface area (Å²) < 4.78 is 4.89. The number of anilines is 2. The van der Waals surface area contributed by atoms with Crippen molar-refractivity contribution in [2.24, 2.45) is 0 Å². The zero-order chi connectivity index (χ0) is 18.1. The minimum atomic E-state index is -0.239. The van der Waals surface area contributed by atoms with Gasteiger partial charge in [-0.2, -0.15) is 0 Å². The fourth-order valence-electron chi connectivity index (χ4n) is 2.09. The first-order chi connectivity index (χ1) is 12.1. The van der Waals surface area contributed by atoms with Gasteiger partial charge in [-0.3, -0.25) is 9.59 Å². The van der Waals surface area contributed by atoms with Gasteiger partial charge in [0.2, 0.25) is 5.91 Å². The molecule has 2 amide bonds. The minimum Gasteiger partial charge on any atom is -0.383 e. The molecule has 0 radical (unpaired) electrons. The molecule has 0 bridgehead atoms. The predicted molar refractivity (Wildman–Crippen MR) is 99.2 cm³/mol. The van der Waals surface area contributed by atoms with Crippen LogP contribution in [0.1, 0.15) is 10.4 Å². The van der Waals surface area contributed by atoms with E-state index in [4.69, 9.17) is 16.3 Å². The molecule has 0 heterocycles. The summed E-state index contributed by atoms with van der Waals surface area (Å²) in [5.74, 6) is -0.459. The van der Waals surface area contributed by atoms with Crippen molar-refractivity contribution in [1.29, 1.82) is 0 Å². The van der Waals surface area contributed by atoms with E-state index in [-0.39, 0.29) is 18.4 Å². The van der Waals surface area contributed by atoms with Gasteiger partial charge >= 0.3 is 0 Å². The van der Waals surface area contributed by atoms with E-state index >= 15 is 0 Å². The predicted octanol–water partition coefficient (Wildman–Crippen LogP) is 2.77. The van der Waals surface area contributed by atoms with E-state index in [0.29, 0.717) is 35.1 Å². The summed E-state index contributed by atoms with van der Waals surface area (Å²) in [5.41, 5.74) is 1.70. The van der Waals surface area contributed by atoms with Crippen LogP contribution in [0.15, 0.2) is 48.5 Å². The molecular weight excluding hydrogens is 342 g/mol. The molecule has 0 saturated carbocycles. The van der Waals surface area contributed by atoms with Crippen LogP contribution in [0.5, 0.6) is 0 Å². The van der Waals surface area contributed by atoms with Gasteiger partial charge in [-0.1, -0.05) is 29.8 Å². The van der Waals surface area contributed by atoms with E-state index < -0.39 is 0 Å². The highest BCUT2D eigenvalue weighted by atomic mass is 35.5. The van der Waals surface area contributed by atoms with Crippen molar-refractivity contribution < 1.29 is 14.3 Å². The summed E-state index contributed by atoms with van der Waals surface area (Å²) >= 11 is 6.03. The topological polar surface area (TPSA) is 79.5 Å². The molecular formula is C18H20ClN3O3. The number of benzene rings is 2. The monoisotopic (exact) mass is 361 g/mol. The van der Waals surface area contributed by atoms with Crippen LogP contribution in [-0.2, 0) is 9.53 Å².